The molecule has 0 aliphatic carbocycles. The van der Waals surface area contributed by atoms with E-state index in [4.69, 9.17) is 4.74 Å². The van der Waals surface area contributed by atoms with Gasteiger partial charge in [0.25, 0.3) is 0 Å². The third-order valence-corrected chi connectivity index (χ3v) is 4.86. The Morgan fingerprint density at radius 3 is 2.67 bits per heavy atom. The van der Waals surface area contributed by atoms with Gasteiger partial charge < -0.3 is 19.6 Å². The Labute approximate surface area is 142 Å². The van der Waals surface area contributed by atoms with Crippen LogP contribution in [0.15, 0.2) is 25.0 Å². The van der Waals surface area contributed by atoms with E-state index in [1.54, 1.807) is 12.4 Å². The molecule has 0 bridgehead atoms. The number of aromatic nitrogens is 2. The maximum atomic E-state index is 11.8. The lowest BCUT2D eigenvalue weighted by molar-refractivity contribution is -0.149. The molecule has 2 saturated heterocycles. The normalized spacial score (nSPS) is 24.7. The number of rotatable bonds is 5. The highest BCUT2D eigenvalue weighted by Crippen LogP contribution is 2.36. The van der Waals surface area contributed by atoms with Crippen LogP contribution >= 0.6 is 0 Å². The van der Waals surface area contributed by atoms with Crippen LogP contribution in [0.3, 0.4) is 0 Å². The molecule has 2 fully saturated rings. The van der Waals surface area contributed by atoms with Gasteiger partial charge in [-0.05, 0) is 19.3 Å². The Balaban J connectivity index is 1.80. The maximum absolute atomic E-state index is 11.8. The SMILES string of the molecule is C=CC[C@@]1(C(=O)O)CCCN(c2cc(N3CCOCC3)ncn2)C1. The van der Waals surface area contributed by atoms with Crippen molar-refractivity contribution in [1.29, 1.82) is 0 Å². The summed E-state index contributed by atoms with van der Waals surface area (Å²) in [7, 11) is 0. The second-order valence-corrected chi connectivity index (χ2v) is 6.44. The minimum absolute atomic E-state index is 0.452. The Kier molecular flexibility index (Phi) is 4.99. The minimum atomic E-state index is -0.774. The molecule has 3 heterocycles. The number of morpholine rings is 1. The quantitative estimate of drug-likeness (QED) is 0.820. The van der Waals surface area contributed by atoms with Gasteiger partial charge in [-0.2, -0.15) is 0 Å². The second kappa shape index (κ2) is 7.17. The van der Waals surface area contributed by atoms with Crippen LogP contribution in [-0.2, 0) is 9.53 Å². The molecule has 0 spiro atoms. The molecule has 2 aliphatic rings. The zero-order valence-electron chi connectivity index (χ0n) is 13.9. The fourth-order valence-electron chi connectivity index (χ4n) is 3.51. The average molecular weight is 332 g/mol. The average Bonchev–Trinajstić information content (AvgIpc) is 2.63. The molecule has 7 nitrogen and oxygen atoms in total. The van der Waals surface area contributed by atoms with Crippen molar-refractivity contribution in [1.82, 2.24) is 9.97 Å². The number of anilines is 2. The molecule has 0 radical (unpaired) electrons. The number of piperidine rings is 1. The highest BCUT2D eigenvalue weighted by molar-refractivity contribution is 5.76. The van der Waals surface area contributed by atoms with E-state index < -0.39 is 11.4 Å². The van der Waals surface area contributed by atoms with Crippen molar-refractivity contribution in [3.8, 4) is 0 Å². The van der Waals surface area contributed by atoms with Gasteiger partial charge in [0.1, 0.15) is 18.0 Å². The third-order valence-electron chi connectivity index (χ3n) is 4.86. The Bertz CT molecular complexity index is 603. The number of ether oxygens (including phenoxy) is 1. The molecule has 24 heavy (non-hydrogen) atoms. The minimum Gasteiger partial charge on any atom is -0.481 e. The number of carboxylic acids is 1. The first-order chi connectivity index (χ1) is 11.6. The largest absolute Gasteiger partial charge is 0.481 e. The Hall–Kier alpha value is -2.15. The predicted octanol–water partition coefficient (Wildman–Crippen LogP) is 1.56. The van der Waals surface area contributed by atoms with E-state index in [9.17, 15) is 9.90 Å². The topological polar surface area (TPSA) is 78.8 Å². The number of nitrogens with zero attached hydrogens (tertiary/aromatic N) is 4. The molecule has 1 aromatic rings. The first-order valence-electron chi connectivity index (χ1n) is 8.39. The Morgan fingerprint density at radius 2 is 2.00 bits per heavy atom. The summed E-state index contributed by atoms with van der Waals surface area (Å²) >= 11 is 0. The van der Waals surface area contributed by atoms with Crippen molar-refractivity contribution in [2.75, 3.05) is 49.2 Å². The second-order valence-electron chi connectivity index (χ2n) is 6.44. The van der Waals surface area contributed by atoms with Crippen molar-refractivity contribution in [3.05, 3.63) is 25.0 Å². The monoisotopic (exact) mass is 332 g/mol. The molecule has 7 heteroatoms. The molecule has 0 saturated carbocycles. The lowest BCUT2D eigenvalue weighted by atomic mass is 9.77. The number of aliphatic carboxylic acids is 1. The molecule has 0 aromatic carbocycles. The summed E-state index contributed by atoms with van der Waals surface area (Å²) in [6, 6.07) is 1.96. The van der Waals surface area contributed by atoms with Crippen LogP contribution in [0.25, 0.3) is 0 Å². The van der Waals surface area contributed by atoms with Crippen LogP contribution in [-0.4, -0.2) is 60.4 Å². The predicted molar refractivity (Wildman–Crippen MR) is 91.4 cm³/mol. The molecule has 130 valence electrons. The van der Waals surface area contributed by atoms with E-state index in [2.05, 4.69) is 26.3 Å². The van der Waals surface area contributed by atoms with Crippen LogP contribution in [0.2, 0.25) is 0 Å². The van der Waals surface area contributed by atoms with E-state index in [0.29, 0.717) is 32.6 Å². The molecule has 2 aliphatic heterocycles. The van der Waals surface area contributed by atoms with Crippen LogP contribution < -0.4 is 9.80 Å². The summed E-state index contributed by atoms with van der Waals surface area (Å²) in [6.45, 7) is 8.01. The molecule has 3 rings (SSSR count). The molecule has 0 unspecified atom stereocenters. The first kappa shape index (κ1) is 16.7. The molecule has 1 N–H and O–H groups in total. The van der Waals surface area contributed by atoms with Crippen LogP contribution in [0.4, 0.5) is 11.6 Å². The smallest absolute Gasteiger partial charge is 0.311 e. The zero-order valence-corrected chi connectivity index (χ0v) is 13.9. The van der Waals surface area contributed by atoms with Crippen molar-refractivity contribution in [3.63, 3.8) is 0 Å². The van der Waals surface area contributed by atoms with E-state index >= 15 is 0 Å². The van der Waals surface area contributed by atoms with E-state index in [0.717, 1.165) is 37.7 Å². The van der Waals surface area contributed by atoms with Gasteiger partial charge in [-0.15, -0.1) is 6.58 Å². The van der Waals surface area contributed by atoms with Gasteiger partial charge in [-0.25, -0.2) is 9.97 Å². The summed E-state index contributed by atoms with van der Waals surface area (Å²) in [5.41, 5.74) is -0.774. The number of carboxylic acid groups (broad SMARTS) is 1. The van der Waals surface area contributed by atoms with Crippen LogP contribution in [0.1, 0.15) is 19.3 Å². The summed E-state index contributed by atoms with van der Waals surface area (Å²) < 4.78 is 5.38. The van der Waals surface area contributed by atoms with Crippen molar-refractivity contribution in [2.45, 2.75) is 19.3 Å². The summed E-state index contributed by atoms with van der Waals surface area (Å²) in [4.78, 5) is 24.8. The van der Waals surface area contributed by atoms with Gasteiger partial charge in [0, 0.05) is 32.2 Å². The van der Waals surface area contributed by atoms with E-state index in [-0.39, 0.29) is 0 Å². The summed E-state index contributed by atoms with van der Waals surface area (Å²) in [6.07, 6.45) is 5.24. The van der Waals surface area contributed by atoms with Gasteiger partial charge >= 0.3 is 5.97 Å². The number of hydrogen-bond acceptors (Lipinski definition) is 6. The van der Waals surface area contributed by atoms with Crippen LogP contribution in [0.5, 0.6) is 0 Å². The van der Waals surface area contributed by atoms with E-state index in [1.165, 1.54) is 0 Å². The van der Waals surface area contributed by atoms with Crippen LogP contribution in [0, 0.1) is 5.41 Å². The van der Waals surface area contributed by atoms with Crippen molar-refractivity contribution < 1.29 is 14.6 Å². The first-order valence-corrected chi connectivity index (χ1v) is 8.39. The zero-order chi connectivity index (χ0) is 17.0. The standard InChI is InChI=1S/C17H24N4O3/c1-2-4-17(16(22)23)5-3-6-21(12-17)15-11-14(18-13-19-15)20-7-9-24-10-8-20/h2,11,13H,1,3-10,12H2,(H,22,23)/t17-/m1/s1. The molecular formula is C17H24N4O3. The summed E-state index contributed by atoms with van der Waals surface area (Å²) in [5, 5.41) is 9.71. The van der Waals surface area contributed by atoms with Crippen molar-refractivity contribution in [2.24, 2.45) is 5.41 Å². The molecular weight excluding hydrogens is 308 g/mol. The highest BCUT2D eigenvalue weighted by atomic mass is 16.5. The lowest BCUT2D eigenvalue weighted by Crippen LogP contribution is -2.48. The number of allylic oxidation sites excluding steroid dienone is 1. The molecule has 1 atom stereocenters. The lowest BCUT2D eigenvalue weighted by Gasteiger charge is -2.40. The van der Waals surface area contributed by atoms with E-state index in [1.807, 2.05) is 6.07 Å². The Morgan fingerprint density at radius 1 is 1.29 bits per heavy atom. The fraction of sp³-hybridized carbons (Fsp3) is 0.588. The number of hydrogen-bond donors (Lipinski definition) is 1. The van der Waals surface area contributed by atoms with Gasteiger partial charge in [-0.3, -0.25) is 4.79 Å². The summed E-state index contributed by atoms with van der Waals surface area (Å²) in [5.74, 6) is 0.911. The molecule has 1 aromatic heterocycles. The maximum Gasteiger partial charge on any atom is 0.311 e. The van der Waals surface area contributed by atoms with Crippen molar-refractivity contribution >= 4 is 17.6 Å². The third kappa shape index (κ3) is 3.36. The molecule has 0 amide bonds. The van der Waals surface area contributed by atoms with Gasteiger partial charge in [-0.1, -0.05) is 6.08 Å². The van der Waals surface area contributed by atoms with Gasteiger partial charge in [0.2, 0.25) is 0 Å². The van der Waals surface area contributed by atoms with Gasteiger partial charge in [0.05, 0.1) is 18.6 Å². The van der Waals surface area contributed by atoms with Gasteiger partial charge in [0.15, 0.2) is 0 Å². The number of carbonyl (C=O) groups is 1. The highest BCUT2D eigenvalue weighted by Gasteiger charge is 2.41. The fourth-order valence-corrected chi connectivity index (χ4v) is 3.51.